The maximum absolute atomic E-state index is 13.4. The third-order valence-corrected chi connectivity index (χ3v) is 5.95. The number of para-hydroxylation sites is 1. The molecule has 2 heterocycles. The van der Waals surface area contributed by atoms with Crippen molar-refractivity contribution in [3.63, 3.8) is 0 Å². The number of aryl methyl sites for hydroxylation is 2. The first-order valence-electron chi connectivity index (χ1n) is 9.82. The van der Waals surface area contributed by atoms with Crippen LogP contribution in [0.25, 0.3) is 6.08 Å². The lowest BCUT2D eigenvalue weighted by molar-refractivity contribution is 0.250. The Bertz CT molecular complexity index is 1150. The number of likely N-dealkylation sites (N-methyl/N-ethyl adjacent to an activating group) is 1. The van der Waals surface area contributed by atoms with E-state index in [1.807, 2.05) is 54.3 Å². The average Bonchev–Trinajstić information content (AvgIpc) is 2.72. The van der Waals surface area contributed by atoms with Crippen LogP contribution in [0.5, 0.6) is 0 Å². The molecule has 2 aliphatic rings. The van der Waals surface area contributed by atoms with Gasteiger partial charge < -0.3 is 10.2 Å². The zero-order valence-corrected chi connectivity index (χ0v) is 16.8. The van der Waals surface area contributed by atoms with Crippen LogP contribution in [0.3, 0.4) is 0 Å². The predicted molar refractivity (Wildman–Crippen MR) is 119 cm³/mol. The molecule has 0 saturated heterocycles. The van der Waals surface area contributed by atoms with E-state index in [1.54, 1.807) is 0 Å². The molecule has 4 nitrogen and oxygen atoms in total. The summed E-state index contributed by atoms with van der Waals surface area (Å²) in [5.41, 5.74) is 6.52. The Balaban J connectivity index is 1.81. The monoisotopic (exact) mass is 381 g/mol. The van der Waals surface area contributed by atoms with Gasteiger partial charge in [0.2, 0.25) is 0 Å². The second-order valence-corrected chi connectivity index (χ2v) is 7.83. The summed E-state index contributed by atoms with van der Waals surface area (Å²) in [4.78, 5) is 17.5. The zero-order valence-electron chi connectivity index (χ0n) is 16.8. The summed E-state index contributed by atoms with van der Waals surface area (Å²) in [5.74, 6) is 0. The highest BCUT2D eigenvalue weighted by Crippen LogP contribution is 2.48. The van der Waals surface area contributed by atoms with Crippen molar-refractivity contribution >= 4 is 29.2 Å². The lowest BCUT2D eigenvalue weighted by Gasteiger charge is -2.53. The van der Waals surface area contributed by atoms with Crippen molar-refractivity contribution in [3.8, 4) is 0 Å². The Hall–Kier alpha value is -3.53. The number of urea groups is 1. The molecule has 5 rings (SSSR count). The molecule has 4 heteroatoms. The highest BCUT2D eigenvalue weighted by molar-refractivity contribution is 6.08. The molecular formula is C25H23N3O. The Labute approximate surface area is 171 Å². The molecular weight excluding hydrogens is 358 g/mol. The Morgan fingerprint density at radius 1 is 0.897 bits per heavy atom. The van der Waals surface area contributed by atoms with Gasteiger partial charge in [-0.2, -0.15) is 0 Å². The maximum Gasteiger partial charge on any atom is 0.328 e. The van der Waals surface area contributed by atoms with Gasteiger partial charge >= 0.3 is 6.03 Å². The van der Waals surface area contributed by atoms with Crippen molar-refractivity contribution in [2.45, 2.75) is 19.5 Å². The minimum absolute atomic E-state index is 0.136. The fourth-order valence-electron chi connectivity index (χ4n) is 4.47. The van der Waals surface area contributed by atoms with Crippen molar-refractivity contribution in [2.24, 2.45) is 0 Å². The van der Waals surface area contributed by atoms with E-state index in [9.17, 15) is 4.79 Å². The van der Waals surface area contributed by atoms with Crippen molar-refractivity contribution in [3.05, 3.63) is 95.1 Å². The van der Waals surface area contributed by atoms with Crippen LogP contribution in [0.2, 0.25) is 0 Å². The molecule has 3 aromatic rings. The summed E-state index contributed by atoms with van der Waals surface area (Å²) in [6, 6.07) is 22.5. The number of rotatable bonds is 1. The molecule has 1 unspecified atom stereocenters. The Morgan fingerprint density at radius 2 is 1.62 bits per heavy atom. The van der Waals surface area contributed by atoms with Crippen LogP contribution < -0.4 is 15.1 Å². The lowest BCUT2D eigenvalue weighted by atomic mass is 9.86. The van der Waals surface area contributed by atoms with E-state index in [0.29, 0.717) is 0 Å². The number of carbonyl (C=O) groups excluding carboxylic acids is 1. The number of nitrogens with one attached hydrogen (secondary N) is 1. The first-order valence-corrected chi connectivity index (χ1v) is 9.82. The van der Waals surface area contributed by atoms with Crippen molar-refractivity contribution in [2.75, 3.05) is 22.2 Å². The van der Waals surface area contributed by atoms with Gasteiger partial charge in [-0.15, -0.1) is 0 Å². The van der Waals surface area contributed by atoms with E-state index in [-0.39, 0.29) is 6.03 Å². The fourth-order valence-corrected chi connectivity index (χ4v) is 4.47. The van der Waals surface area contributed by atoms with Gasteiger partial charge in [0.05, 0.1) is 5.69 Å². The number of hydrogen-bond donors (Lipinski definition) is 1. The van der Waals surface area contributed by atoms with Gasteiger partial charge in [0.1, 0.15) is 0 Å². The van der Waals surface area contributed by atoms with E-state index in [4.69, 9.17) is 0 Å². The van der Waals surface area contributed by atoms with Gasteiger partial charge in [-0.1, -0.05) is 54.1 Å². The molecule has 1 spiro atoms. The van der Waals surface area contributed by atoms with E-state index < -0.39 is 5.66 Å². The number of nitrogens with zero attached hydrogens (tertiary/aromatic N) is 2. The third kappa shape index (κ3) is 2.49. The Kier molecular flexibility index (Phi) is 3.78. The summed E-state index contributed by atoms with van der Waals surface area (Å²) >= 11 is 0. The standard InChI is InChI=1S/C25H23N3O/c1-17-8-11-20(12-9-17)28-24(29)26-22-16-18(2)10-13-21(22)25(28)15-14-19-6-4-5-7-23(19)27(25)3/h4-16H,1-3H3,(H,26,29). The molecule has 0 bridgehead atoms. The topological polar surface area (TPSA) is 35.6 Å². The number of carbonyl (C=O) groups is 1. The second-order valence-electron chi connectivity index (χ2n) is 7.83. The quantitative estimate of drug-likeness (QED) is 0.589. The highest BCUT2D eigenvalue weighted by atomic mass is 16.2. The fraction of sp³-hybridized carbons (Fsp3) is 0.160. The molecule has 29 heavy (non-hydrogen) atoms. The SMILES string of the molecule is Cc1ccc(N2C(=O)Nc3cc(C)ccc3C23C=Cc2ccccc2N3C)cc1. The number of hydrogen-bond acceptors (Lipinski definition) is 2. The largest absolute Gasteiger partial charge is 0.344 e. The van der Waals surface area contributed by atoms with Crippen molar-refractivity contribution in [1.29, 1.82) is 0 Å². The van der Waals surface area contributed by atoms with Crippen LogP contribution in [0, 0.1) is 13.8 Å². The molecule has 0 fully saturated rings. The van der Waals surface area contributed by atoms with Crippen LogP contribution in [-0.2, 0) is 5.66 Å². The first kappa shape index (κ1) is 17.6. The smallest absolute Gasteiger partial charge is 0.328 e. The van der Waals surface area contributed by atoms with Gasteiger partial charge in [-0.25, -0.2) is 4.79 Å². The maximum atomic E-state index is 13.4. The molecule has 0 aliphatic carbocycles. The summed E-state index contributed by atoms with van der Waals surface area (Å²) in [6.45, 7) is 4.10. The van der Waals surface area contributed by atoms with Gasteiger partial charge in [-0.05, 0) is 55.3 Å². The van der Waals surface area contributed by atoms with E-state index >= 15 is 0 Å². The van der Waals surface area contributed by atoms with Crippen LogP contribution in [0.15, 0.2) is 72.8 Å². The summed E-state index contributed by atoms with van der Waals surface area (Å²) < 4.78 is 0. The average molecular weight is 381 g/mol. The first-order chi connectivity index (χ1) is 14.0. The summed E-state index contributed by atoms with van der Waals surface area (Å²) in [7, 11) is 2.06. The van der Waals surface area contributed by atoms with Gasteiger partial charge in [0.15, 0.2) is 5.66 Å². The minimum Gasteiger partial charge on any atom is -0.344 e. The van der Waals surface area contributed by atoms with E-state index in [0.717, 1.165) is 39.3 Å². The molecule has 0 saturated carbocycles. The number of amides is 2. The predicted octanol–water partition coefficient (Wildman–Crippen LogP) is 5.67. The molecule has 0 radical (unpaired) electrons. The number of benzene rings is 3. The van der Waals surface area contributed by atoms with Crippen LogP contribution in [0.1, 0.15) is 22.3 Å². The minimum atomic E-state index is -0.755. The van der Waals surface area contributed by atoms with Gasteiger partial charge in [-0.3, -0.25) is 4.90 Å². The van der Waals surface area contributed by atoms with Gasteiger partial charge in [0, 0.05) is 24.0 Å². The lowest BCUT2D eigenvalue weighted by Crippen LogP contribution is -2.63. The van der Waals surface area contributed by atoms with E-state index in [1.165, 1.54) is 0 Å². The van der Waals surface area contributed by atoms with Gasteiger partial charge in [0.25, 0.3) is 0 Å². The molecule has 2 aliphatic heterocycles. The van der Waals surface area contributed by atoms with Crippen molar-refractivity contribution < 1.29 is 4.79 Å². The van der Waals surface area contributed by atoms with Crippen molar-refractivity contribution in [1.82, 2.24) is 0 Å². The molecule has 0 aromatic heterocycles. The van der Waals surface area contributed by atoms with Crippen LogP contribution in [-0.4, -0.2) is 13.1 Å². The van der Waals surface area contributed by atoms with E-state index in [2.05, 4.69) is 60.6 Å². The summed E-state index contributed by atoms with van der Waals surface area (Å²) in [6.07, 6.45) is 4.26. The number of anilines is 3. The normalized spacial score (nSPS) is 19.8. The van der Waals surface area contributed by atoms with Crippen LogP contribution >= 0.6 is 0 Å². The zero-order chi connectivity index (χ0) is 20.2. The molecule has 144 valence electrons. The van der Waals surface area contributed by atoms with Crippen LogP contribution in [0.4, 0.5) is 21.9 Å². The highest BCUT2D eigenvalue weighted by Gasteiger charge is 2.50. The Morgan fingerprint density at radius 3 is 2.41 bits per heavy atom. The summed E-state index contributed by atoms with van der Waals surface area (Å²) in [5, 5.41) is 3.11. The molecule has 2 amide bonds. The molecule has 3 aromatic carbocycles. The second kappa shape index (κ2) is 6.24. The number of fused-ring (bicyclic) bond motifs is 3. The third-order valence-electron chi connectivity index (χ3n) is 5.95. The molecule has 1 N–H and O–H groups in total. The molecule has 1 atom stereocenters.